The highest BCUT2D eigenvalue weighted by atomic mass is 35.5. The van der Waals surface area contributed by atoms with E-state index in [4.69, 9.17) is 11.6 Å². The second-order valence-corrected chi connectivity index (χ2v) is 3.88. The second kappa shape index (κ2) is 3.97. The fraction of sp³-hybridized carbons (Fsp3) is 0.250. The van der Waals surface area contributed by atoms with Gasteiger partial charge in [-0.2, -0.15) is 0 Å². The number of Topliss-reactive ketones (excluding diaryl/α,β-unsaturated/α-hetero) is 1. The summed E-state index contributed by atoms with van der Waals surface area (Å²) < 4.78 is 0. The molecule has 0 aromatic heterocycles. The molecule has 14 heavy (non-hydrogen) atoms. The monoisotopic (exact) mass is 206 g/mol. The van der Waals surface area contributed by atoms with Crippen LogP contribution in [0.25, 0.3) is 5.57 Å². The summed E-state index contributed by atoms with van der Waals surface area (Å²) in [7, 11) is 0. The van der Waals surface area contributed by atoms with Gasteiger partial charge >= 0.3 is 0 Å². The van der Waals surface area contributed by atoms with E-state index in [0.29, 0.717) is 11.4 Å². The van der Waals surface area contributed by atoms with Crippen molar-refractivity contribution in [2.45, 2.75) is 19.3 Å². The molecular weight excluding hydrogens is 196 g/mol. The van der Waals surface area contributed by atoms with E-state index in [1.807, 2.05) is 30.3 Å². The van der Waals surface area contributed by atoms with E-state index in [9.17, 15) is 4.79 Å². The van der Waals surface area contributed by atoms with Gasteiger partial charge in [0.1, 0.15) is 0 Å². The number of halogens is 1. The van der Waals surface area contributed by atoms with Crippen LogP contribution in [-0.2, 0) is 4.79 Å². The van der Waals surface area contributed by atoms with Crippen LogP contribution >= 0.6 is 11.6 Å². The zero-order chi connectivity index (χ0) is 9.97. The van der Waals surface area contributed by atoms with E-state index < -0.39 is 0 Å². The van der Waals surface area contributed by atoms with Gasteiger partial charge in [0.2, 0.25) is 0 Å². The first-order chi connectivity index (χ1) is 6.77. The van der Waals surface area contributed by atoms with Gasteiger partial charge in [0, 0.05) is 17.0 Å². The Balaban J connectivity index is 2.34. The number of rotatable bonds is 1. The number of benzene rings is 1. The van der Waals surface area contributed by atoms with Crippen LogP contribution in [0.4, 0.5) is 0 Å². The first kappa shape index (κ1) is 9.47. The van der Waals surface area contributed by atoms with Gasteiger partial charge in [-0.25, -0.2) is 0 Å². The maximum Gasteiger partial charge on any atom is 0.163 e. The van der Waals surface area contributed by atoms with Crippen LogP contribution in [0.3, 0.4) is 0 Å². The Kier molecular flexibility index (Phi) is 2.69. The van der Waals surface area contributed by atoms with Gasteiger partial charge in [-0.3, -0.25) is 4.79 Å². The number of allylic oxidation sites excluding steroid dienone is 2. The van der Waals surface area contributed by atoms with Gasteiger partial charge < -0.3 is 0 Å². The first-order valence-corrected chi connectivity index (χ1v) is 5.14. The number of carbonyl (C=O) groups excluding carboxylic acids is 1. The minimum absolute atomic E-state index is 0.249. The van der Waals surface area contributed by atoms with Crippen molar-refractivity contribution in [1.82, 2.24) is 0 Å². The minimum Gasteiger partial charge on any atom is -0.294 e. The molecule has 0 bridgehead atoms. The van der Waals surface area contributed by atoms with Crippen molar-refractivity contribution in [2.24, 2.45) is 0 Å². The van der Waals surface area contributed by atoms with Crippen molar-refractivity contribution in [2.75, 3.05) is 0 Å². The Bertz CT molecular complexity index is 376. The highest BCUT2D eigenvalue weighted by Gasteiger charge is 2.14. The van der Waals surface area contributed by atoms with Gasteiger partial charge in [-0.15, -0.1) is 0 Å². The van der Waals surface area contributed by atoms with Crippen molar-refractivity contribution in [3.8, 4) is 0 Å². The Morgan fingerprint density at radius 2 is 1.86 bits per heavy atom. The topological polar surface area (TPSA) is 17.1 Å². The van der Waals surface area contributed by atoms with Crippen LogP contribution in [0.2, 0.25) is 5.02 Å². The number of carbonyl (C=O) groups is 1. The Morgan fingerprint density at radius 1 is 1.14 bits per heavy atom. The predicted molar refractivity (Wildman–Crippen MR) is 58.3 cm³/mol. The van der Waals surface area contributed by atoms with Crippen LogP contribution in [0.1, 0.15) is 24.8 Å². The summed E-state index contributed by atoms with van der Waals surface area (Å²) in [6, 6.07) is 7.44. The van der Waals surface area contributed by atoms with E-state index in [-0.39, 0.29) is 5.78 Å². The molecule has 1 nitrogen and oxygen atoms in total. The fourth-order valence-corrected chi connectivity index (χ4v) is 1.79. The Hall–Kier alpha value is -1.08. The molecule has 1 aromatic rings. The highest BCUT2D eigenvalue weighted by Crippen LogP contribution is 2.24. The third-order valence-corrected chi connectivity index (χ3v) is 2.66. The van der Waals surface area contributed by atoms with Gasteiger partial charge in [0.25, 0.3) is 0 Å². The van der Waals surface area contributed by atoms with Crippen molar-refractivity contribution < 1.29 is 4.79 Å². The number of hydrogen-bond donors (Lipinski definition) is 0. The SMILES string of the molecule is O=C1CCCC=C1c1ccc(Cl)cc1. The lowest BCUT2D eigenvalue weighted by Gasteiger charge is -2.11. The molecule has 1 aliphatic carbocycles. The molecule has 0 radical (unpaired) electrons. The molecule has 0 amide bonds. The van der Waals surface area contributed by atoms with E-state index in [1.54, 1.807) is 0 Å². The van der Waals surface area contributed by atoms with Crippen LogP contribution in [0.15, 0.2) is 30.3 Å². The van der Waals surface area contributed by atoms with Crippen molar-refractivity contribution in [3.63, 3.8) is 0 Å². The zero-order valence-electron chi connectivity index (χ0n) is 7.79. The third kappa shape index (κ3) is 1.88. The Morgan fingerprint density at radius 3 is 2.50 bits per heavy atom. The molecular formula is C12H11ClO. The highest BCUT2D eigenvalue weighted by molar-refractivity contribution is 6.30. The lowest BCUT2D eigenvalue weighted by Crippen LogP contribution is -2.05. The molecule has 0 atom stereocenters. The molecule has 2 rings (SSSR count). The fourth-order valence-electron chi connectivity index (χ4n) is 1.67. The summed E-state index contributed by atoms with van der Waals surface area (Å²) in [5, 5.41) is 0.706. The molecule has 0 heterocycles. The van der Waals surface area contributed by atoms with E-state index in [2.05, 4.69) is 0 Å². The van der Waals surface area contributed by atoms with Gasteiger partial charge in [-0.05, 0) is 30.5 Å². The van der Waals surface area contributed by atoms with Crippen LogP contribution in [0.5, 0.6) is 0 Å². The number of ketones is 1. The van der Waals surface area contributed by atoms with E-state index in [1.165, 1.54) is 0 Å². The maximum atomic E-state index is 11.6. The standard InChI is InChI=1S/C12H11ClO/c13-10-7-5-9(6-8-10)11-3-1-2-4-12(11)14/h3,5-8H,1-2,4H2. The van der Waals surface area contributed by atoms with Crippen LogP contribution in [0, 0.1) is 0 Å². The number of hydrogen-bond acceptors (Lipinski definition) is 1. The minimum atomic E-state index is 0.249. The van der Waals surface area contributed by atoms with Crippen molar-refractivity contribution in [3.05, 3.63) is 40.9 Å². The third-order valence-electron chi connectivity index (χ3n) is 2.41. The molecule has 2 heteroatoms. The lowest BCUT2D eigenvalue weighted by molar-refractivity contribution is -0.114. The van der Waals surface area contributed by atoms with Crippen molar-refractivity contribution >= 4 is 23.0 Å². The van der Waals surface area contributed by atoms with E-state index >= 15 is 0 Å². The average molecular weight is 207 g/mol. The molecule has 0 fully saturated rings. The molecule has 0 spiro atoms. The summed E-state index contributed by atoms with van der Waals surface area (Å²) in [4.78, 5) is 11.6. The quantitative estimate of drug-likeness (QED) is 0.688. The Labute approximate surface area is 88.4 Å². The van der Waals surface area contributed by atoms with Crippen LogP contribution in [-0.4, -0.2) is 5.78 Å². The summed E-state index contributed by atoms with van der Waals surface area (Å²) in [5.74, 6) is 0.249. The molecule has 0 unspecified atom stereocenters. The maximum absolute atomic E-state index is 11.6. The van der Waals surface area contributed by atoms with Crippen molar-refractivity contribution in [1.29, 1.82) is 0 Å². The van der Waals surface area contributed by atoms with E-state index in [0.717, 1.165) is 24.0 Å². The smallest absolute Gasteiger partial charge is 0.163 e. The largest absolute Gasteiger partial charge is 0.294 e. The molecule has 72 valence electrons. The summed E-state index contributed by atoms with van der Waals surface area (Å²) in [5.41, 5.74) is 1.84. The lowest BCUT2D eigenvalue weighted by atomic mass is 9.93. The molecule has 0 saturated carbocycles. The predicted octanol–water partition coefficient (Wildman–Crippen LogP) is 3.48. The van der Waals surface area contributed by atoms with Gasteiger partial charge in [-0.1, -0.05) is 29.8 Å². The summed E-state index contributed by atoms with van der Waals surface area (Å²) in [6.45, 7) is 0. The normalized spacial score (nSPS) is 16.6. The molecule has 0 saturated heterocycles. The first-order valence-electron chi connectivity index (χ1n) is 4.76. The zero-order valence-corrected chi connectivity index (χ0v) is 8.55. The summed E-state index contributed by atoms with van der Waals surface area (Å²) >= 11 is 5.78. The van der Waals surface area contributed by atoms with Crippen LogP contribution < -0.4 is 0 Å². The molecule has 0 aliphatic heterocycles. The van der Waals surface area contributed by atoms with Gasteiger partial charge in [0.15, 0.2) is 5.78 Å². The second-order valence-electron chi connectivity index (χ2n) is 3.44. The average Bonchev–Trinajstić information content (AvgIpc) is 2.20. The summed E-state index contributed by atoms with van der Waals surface area (Å²) in [6.07, 6.45) is 4.68. The molecule has 1 aromatic carbocycles. The molecule has 0 N–H and O–H groups in total. The molecule has 1 aliphatic rings. The van der Waals surface area contributed by atoms with Gasteiger partial charge in [0.05, 0.1) is 0 Å².